The van der Waals surface area contributed by atoms with E-state index in [-0.39, 0.29) is 0 Å². The minimum Gasteiger partial charge on any atom is -0.0786 e. The van der Waals surface area contributed by atoms with E-state index in [2.05, 4.69) is 147 Å². The summed E-state index contributed by atoms with van der Waals surface area (Å²) < 4.78 is 0. The predicted octanol–water partition coefficient (Wildman–Crippen LogP) is 9.49. The van der Waals surface area contributed by atoms with Crippen LogP contribution in [0.15, 0.2) is 133 Å². The largest absolute Gasteiger partial charge is 0.0786 e. The predicted molar refractivity (Wildman–Crippen MR) is 156 cm³/mol. The van der Waals surface area contributed by atoms with Gasteiger partial charge in [0.05, 0.1) is 0 Å². The fourth-order valence-corrected chi connectivity index (χ4v) is 5.67. The quantitative estimate of drug-likeness (QED) is 0.247. The fraction of sp³-hybridized carbons (Fsp3) is 0.118. The van der Waals surface area contributed by atoms with E-state index in [0.717, 1.165) is 6.04 Å². The highest BCUT2D eigenvalue weighted by atomic mass is 28.3. The normalized spacial score (nSPS) is 14.0. The topological polar surface area (TPSA) is 0 Å². The summed E-state index contributed by atoms with van der Waals surface area (Å²) in [5.41, 5.74) is 11.8. The molecule has 0 aliphatic heterocycles. The molecule has 0 saturated carbocycles. The van der Waals surface area contributed by atoms with E-state index in [1.165, 1.54) is 50.1 Å². The summed E-state index contributed by atoms with van der Waals surface area (Å²) in [7, 11) is -1.31. The third kappa shape index (κ3) is 4.92. The standard InChI is InChI=1S/C34H32Si/c1-35(2,3)25-24-30-31(26-16-8-4-9-17-26)33(28-20-12-6-13-21-28)34(29-22-14-7-15-23-29)32(30)27-18-10-5-11-19-27/h4-24H,25H2,1-3H3. The van der Waals surface area contributed by atoms with E-state index in [0.29, 0.717) is 0 Å². The van der Waals surface area contributed by atoms with Crippen LogP contribution >= 0.6 is 0 Å². The molecule has 0 aromatic heterocycles. The molecule has 0 spiro atoms. The molecule has 1 heteroatoms. The zero-order valence-corrected chi connectivity index (χ0v) is 21.8. The lowest BCUT2D eigenvalue weighted by Gasteiger charge is -2.17. The van der Waals surface area contributed by atoms with Crippen molar-refractivity contribution >= 4 is 30.4 Å². The van der Waals surface area contributed by atoms with Crippen molar-refractivity contribution in [1.29, 1.82) is 0 Å². The third-order valence-electron chi connectivity index (χ3n) is 6.46. The molecule has 1 aliphatic rings. The van der Waals surface area contributed by atoms with Crippen LogP contribution in [0.4, 0.5) is 0 Å². The van der Waals surface area contributed by atoms with Crippen molar-refractivity contribution in [3.63, 3.8) is 0 Å². The van der Waals surface area contributed by atoms with Crippen LogP contribution in [0.5, 0.6) is 0 Å². The number of benzene rings is 4. The fourth-order valence-electron chi connectivity index (χ4n) is 4.85. The van der Waals surface area contributed by atoms with Gasteiger partial charge in [0.1, 0.15) is 0 Å². The van der Waals surface area contributed by atoms with Gasteiger partial charge in [-0.25, -0.2) is 0 Å². The van der Waals surface area contributed by atoms with E-state index < -0.39 is 8.07 Å². The van der Waals surface area contributed by atoms with Gasteiger partial charge in [0, 0.05) is 8.07 Å². The van der Waals surface area contributed by atoms with Crippen molar-refractivity contribution in [2.75, 3.05) is 0 Å². The highest BCUT2D eigenvalue weighted by molar-refractivity contribution is 6.76. The Morgan fingerprint density at radius 2 is 0.714 bits per heavy atom. The van der Waals surface area contributed by atoms with E-state index in [9.17, 15) is 0 Å². The van der Waals surface area contributed by atoms with Crippen LogP contribution in [-0.4, -0.2) is 8.07 Å². The Morgan fingerprint density at radius 3 is 1.00 bits per heavy atom. The first-order valence-corrected chi connectivity index (χ1v) is 16.2. The highest BCUT2D eigenvalue weighted by Crippen LogP contribution is 2.54. The van der Waals surface area contributed by atoms with E-state index >= 15 is 0 Å². The molecule has 0 bridgehead atoms. The maximum absolute atomic E-state index is 2.54. The number of hydrogen-bond acceptors (Lipinski definition) is 0. The number of rotatable bonds is 6. The van der Waals surface area contributed by atoms with Crippen molar-refractivity contribution in [1.82, 2.24) is 0 Å². The third-order valence-corrected chi connectivity index (χ3v) is 7.89. The Bertz CT molecular complexity index is 1280. The maximum atomic E-state index is 2.54. The highest BCUT2D eigenvalue weighted by Gasteiger charge is 2.32. The molecule has 172 valence electrons. The van der Waals surface area contributed by atoms with Gasteiger partial charge in [-0.15, -0.1) is 0 Å². The second-order valence-corrected chi connectivity index (χ2v) is 15.9. The molecule has 0 N–H and O–H groups in total. The lowest BCUT2D eigenvalue weighted by molar-refractivity contribution is 1.47. The monoisotopic (exact) mass is 468 g/mol. The van der Waals surface area contributed by atoms with Crippen LogP contribution in [0.2, 0.25) is 25.7 Å². The molecule has 0 amide bonds. The molecule has 4 aromatic carbocycles. The van der Waals surface area contributed by atoms with E-state index in [1.54, 1.807) is 0 Å². The summed E-state index contributed by atoms with van der Waals surface area (Å²) in [4.78, 5) is 0. The van der Waals surface area contributed by atoms with Crippen LogP contribution in [0.3, 0.4) is 0 Å². The molecule has 1 aliphatic carbocycles. The SMILES string of the molecule is C[Si](C)(C)CC=C1C(c2ccccc2)=C(c2ccccc2)C(c2ccccc2)=C1c1ccccc1. The van der Waals surface area contributed by atoms with Crippen LogP contribution in [0.1, 0.15) is 22.3 Å². The van der Waals surface area contributed by atoms with Gasteiger partial charge in [0.2, 0.25) is 0 Å². The summed E-state index contributed by atoms with van der Waals surface area (Å²) in [5.74, 6) is 0. The second kappa shape index (κ2) is 9.89. The molecule has 35 heavy (non-hydrogen) atoms. The van der Waals surface area contributed by atoms with Gasteiger partial charge >= 0.3 is 0 Å². The molecular weight excluding hydrogens is 436 g/mol. The Hall–Kier alpha value is -3.68. The van der Waals surface area contributed by atoms with Gasteiger partial charge in [-0.05, 0) is 56.2 Å². The van der Waals surface area contributed by atoms with Gasteiger partial charge in [0.25, 0.3) is 0 Å². The van der Waals surface area contributed by atoms with Crippen molar-refractivity contribution < 1.29 is 0 Å². The molecule has 4 aromatic rings. The van der Waals surface area contributed by atoms with E-state index in [4.69, 9.17) is 0 Å². The summed E-state index contributed by atoms with van der Waals surface area (Å²) >= 11 is 0. The molecule has 0 radical (unpaired) electrons. The van der Waals surface area contributed by atoms with Gasteiger partial charge < -0.3 is 0 Å². The van der Waals surface area contributed by atoms with Crippen LogP contribution in [0, 0.1) is 0 Å². The summed E-state index contributed by atoms with van der Waals surface area (Å²) in [6.07, 6.45) is 2.54. The van der Waals surface area contributed by atoms with Gasteiger partial charge in [0.15, 0.2) is 0 Å². The van der Waals surface area contributed by atoms with Crippen molar-refractivity contribution in [3.8, 4) is 0 Å². The minimum atomic E-state index is -1.31. The molecule has 0 atom stereocenters. The summed E-state index contributed by atoms with van der Waals surface area (Å²) in [6.45, 7) is 7.35. The first kappa shape index (κ1) is 23.1. The first-order chi connectivity index (χ1) is 17.0. The average Bonchev–Trinajstić information content (AvgIpc) is 3.24. The van der Waals surface area contributed by atoms with Gasteiger partial charge in [-0.3, -0.25) is 0 Å². The molecular formula is C34H32Si. The number of allylic oxidation sites excluding steroid dienone is 6. The smallest absolute Gasteiger partial charge is 0.0480 e. The number of hydrogen-bond donors (Lipinski definition) is 0. The molecule has 0 fully saturated rings. The zero-order valence-electron chi connectivity index (χ0n) is 20.8. The van der Waals surface area contributed by atoms with Crippen LogP contribution < -0.4 is 0 Å². The summed E-state index contributed by atoms with van der Waals surface area (Å²) in [6, 6.07) is 44.9. The average molecular weight is 469 g/mol. The van der Waals surface area contributed by atoms with Crippen LogP contribution in [0.25, 0.3) is 22.3 Å². The Morgan fingerprint density at radius 1 is 0.429 bits per heavy atom. The minimum absolute atomic E-state index is 1.14. The van der Waals surface area contributed by atoms with Crippen molar-refractivity contribution in [2.24, 2.45) is 0 Å². The Labute approximate surface area is 211 Å². The Balaban J connectivity index is 1.92. The molecule has 5 rings (SSSR count). The van der Waals surface area contributed by atoms with Crippen molar-refractivity contribution in [2.45, 2.75) is 25.7 Å². The van der Waals surface area contributed by atoms with Gasteiger partial charge in [-0.1, -0.05) is 147 Å². The molecule has 0 heterocycles. The molecule has 0 saturated heterocycles. The maximum Gasteiger partial charge on any atom is 0.0480 e. The Kier molecular flexibility index (Phi) is 6.52. The zero-order chi connectivity index (χ0) is 24.3. The lowest BCUT2D eigenvalue weighted by Crippen LogP contribution is -2.17. The van der Waals surface area contributed by atoms with Crippen LogP contribution in [-0.2, 0) is 0 Å². The van der Waals surface area contributed by atoms with Gasteiger partial charge in [-0.2, -0.15) is 0 Å². The lowest BCUT2D eigenvalue weighted by atomic mass is 9.89. The van der Waals surface area contributed by atoms with E-state index in [1.807, 2.05) is 0 Å². The first-order valence-electron chi connectivity index (χ1n) is 12.4. The van der Waals surface area contributed by atoms with Crippen molar-refractivity contribution in [3.05, 3.63) is 155 Å². The molecule has 0 nitrogen and oxygen atoms in total. The second-order valence-electron chi connectivity index (χ2n) is 10.3. The summed E-state index contributed by atoms with van der Waals surface area (Å²) in [5, 5.41) is 0. The molecule has 0 unspecified atom stereocenters.